The van der Waals surface area contributed by atoms with Crippen molar-refractivity contribution in [2.75, 3.05) is 0 Å². The molecule has 1 amide bonds. The lowest BCUT2D eigenvalue weighted by Gasteiger charge is -2.39. The fraction of sp³-hybridized carbons (Fsp3) is 0.296. The van der Waals surface area contributed by atoms with Crippen LogP contribution < -0.4 is 4.74 Å². The molecule has 2 aliphatic rings. The predicted molar refractivity (Wildman–Crippen MR) is 125 cm³/mol. The number of nitrogens with zero attached hydrogens (tertiary/aromatic N) is 1. The van der Waals surface area contributed by atoms with Gasteiger partial charge in [-0.1, -0.05) is 12.1 Å². The standard InChI is InChI=1S/C27H23F4NO2S/c28-18-5-9-25(23(30)11-18)34-22-13-20-7-8-21(14-22)32(20)27(33)17-3-1-16(2-4-17)15-35-26-10-6-19(29)12-24(26)31/h1-6,9-12,20-22H,7-8,13-15H2. The summed E-state index contributed by atoms with van der Waals surface area (Å²) in [5, 5.41) is 0. The molecule has 5 rings (SSSR count). The summed E-state index contributed by atoms with van der Waals surface area (Å²) >= 11 is 1.27. The van der Waals surface area contributed by atoms with Gasteiger partial charge < -0.3 is 9.64 Å². The van der Waals surface area contributed by atoms with Crippen molar-refractivity contribution < 1.29 is 27.1 Å². The molecule has 0 spiro atoms. The molecule has 8 heteroatoms. The lowest BCUT2D eigenvalue weighted by molar-refractivity contribution is 0.0349. The Morgan fingerprint density at radius 1 is 0.857 bits per heavy atom. The van der Waals surface area contributed by atoms with Gasteiger partial charge in [0, 0.05) is 53.3 Å². The van der Waals surface area contributed by atoms with E-state index in [0.717, 1.165) is 30.5 Å². The number of carbonyl (C=O) groups is 1. The second-order valence-electron chi connectivity index (χ2n) is 8.94. The fourth-order valence-electron chi connectivity index (χ4n) is 4.95. The summed E-state index contributed by atoms with van der Waals surface area (Å²) in [6.07, 6.45) is 2.68. The molecular weight excluding hydrogens is 478 g/mol. The maximum Gasteiger partial charge on any atom is 0.254 e. The Morgan fingerprint density at radius 3 is 2.11 bits per heavy atom. The van der Waals surface area contributed by atoms with E-state index in [-0.39, 0.29) is 29.8 Å². The Hall–Kier alpha value is -3.00. The van der Waals surface area contributed by atoms with Gasteiger partial charge in [-0.25, -0.2) is 17.6 Å². The quantitative estimate of drug-likeness (QED) is 0.276. The summed E-state index contributed by atoms with van der Waals surface area (Å²) < 4.78 is 59.9. The van der Waals surface area contributed by atoms with Crippen LogP contribution in [0.1, 0.15) is 41.6 Å². The second kappa shape index (κ2) is 9.93. The van der Waals surface area contributed by atoms with Gasteiger partial charge in [-0.05, 0) is 54.8 Å². The molecule has 0 radical (unpaired) electrons. The molecule has 35 heavy (non-hydrogen) atoms. The highest BCUT2D eigenvalue weighted by Gasteiger charge is 2.44. The van der Waals surface area contributed by atoms with E-state index in [1.807, 2.05) is 17.0 Å². The van der Waals surface area contributed by atoms with Gasteiger partial charge in [0.05, 0.1) is 0 Å². The third kappa shape index (κ3) is 5.17. The third-order valence-corrected chi connectivity index (χ3v) is 7.72. The highest BCUT2D eigenvalue weighted by atomic mass is 32.2. The Bertz CT molecular complexity index is 1220. The zero-order chi connectivity index (χ0) is 24.5. The van der Waals surface area contributed by atoms with E-state index < -0.39 is 23.3 Å². The minimum atomic E-state index is -0.726. The number of carbonyl (C=O) groups excluding carboxylic acids is 1. The first kappa shape index (κ1) is 23.7. The lowest BCUT2D eigenvalue weighted by Crippen LogP contribution is -2.49. The molecule has 2 aliphatic heterocycles. The van der Waals surface area contributed by atoms with E-state index in [1.54, 1.807) is 12.1 Å². The van der Waals surface area contributed by atoms with Crippen molar-refractivity contribution in [2.45, 2.75) is 54.5 Å². The molecule has 2 atom stereocenters. The predicted octanol–water partition coefficient (Wildman–Crippen LogP) is 6.75. The van der Waals surface area contributed by atoms with Crippen LogP contribution in [0.25, 0.3) is 0 Å². The molecule has 3 aromatic carbocycles. The number of benzene rings is 3. The van der Waals surface area contributed by atoms with Gasteiger partial charge in [0.2, 0.25) is 0 Å². The minimum absolute atomic E-state index is 0.00597. The number of halogens is 4. The van der Waals surface area contributed by atoms with Gasteiger partial charge in [0.1, 0.15) is 23.6 Å². The van der Waals surface area contributed by atoms with Crippen molar-refractivity contribution in [3.8, 4) is 5.75 Å². The van der Waals surface area contributed by atoms with Crippen LogP contribution in [-0.2, 0) is 5.75 Å². The van der Waals surface area contributed by atoms with Crippen LogP contribution in [0.2, 0.25) is 0 Å². The molecule has 0 saturated carbocycles. The highest BCUT2D eigenvalue weighted by Crippen LogP contribution is 2.38. The van der Waals surface area contributed by atoms with Crippen molar-refractivity contribution in [3.63, 3.8) is 0 Å². The maximum absolute atomic E-state index is 14.0. The zero-order valence-electron chi connectivity index (χ0n) is 18.7. The fourth-order valence-corrected chi connectivity index (χ4v) is 5.83. The molecule has 2 saturated heterocycles. The molecule has 0 aromatic heterocycles. The summed E-state index contributed by atoms with van der Waals surface area (Å²) in [6, 6.07) is 14.0. The first-order valence-electron chi connectivity index (χ1n) is 11.5. The lowest BCUT2D eigenvalue weighted by atomic mass is 9.98. The number of rotatable bonds is 6. The molecule has 0 aliphatic carbocycles. The minimum Gasteiger partial charge on any atom is -0.487 e. The SMILES string of the molecule is O=C(c1ccc(CSc2ccc(F)cc2F)cc1)N1C2CCC1CC(Oc1ccc(F)cc1F)C2. The van der Waals surface area contributed by atoms with E-state index in [0.29, 0.717) is 29.1 Å². The molecule has 2 fully saturated rings. The Balaban J connectivity index is 1.20. The number of fused-ring (bicyclic) bond motifs is 2. The largest absolute Gasteiger partial charge is 0.487 e. The van der Waals surface area contributed by atoms with Gasteiger partial charge in [0.15, 0.2) is 11.6 Å². The van der Waals surface area contributed by atoms with Crippen molar-refractivity contribution >= 4 is 17.7 Å². The van der Waals surface area contributed by atoms with E-state index >= 15 is 0 Å². The van der Waals surface area contributed by atoms with Gasteiger partial charge in [-0.2, -0.15) is 0 Å². The number of piperidine rings is 1. The van der Waals surface area contributed by atoms with Crippen LogP contribution in [0.15, 0.2) is 65.6 Å². The Morgan fingerprint density at radius 2 is 1.49 bits per heavy atom. The third-order valence-electron chi connectivity index (χ3n) is 6.60. The Labute approximate surface area is 205 Å². The van der Waals surface area contributed by atoms with Crippen LogP contribution in [0.3, 0.4) is 0 Å². The molecule has 2 bridgehead atoms. The first-order chi connectivity index (χ1) is 16.9. The van der Waals surface area contributed by atoms with E-state index in [2.05, 4.69) is 0 Å². The van der Waals surface area contributed by atoms with Gasteiger partial charge in [-0.15, -0.1) is 11.8 Å². The summed E-state index contributed by atoms with van der Waals surface area (Å²) in [6.45, 7) is 0. The van der Waals surface area contributed by atoms with Crippen LogP contribution in [-0.4, -0.2) is 29.0 Å². The molecule has 2 heterocycles. The summed E-state index contributed by atoms with van der Waals surface area (Å²) in [7, 11) is 0. The highest BCUT2D eigenvalue weighted by molar-refractivity contribution is 7.98. The van der Waals surface area contributed by atoms with Gasteiger partial charge in [-0.3, -0.25) is 4.79 Å². The summed E-state index contributed by atoms with van der Waals surface area (Å²) in [5.74, 6) is -2.10. The van der Waals surface area contributed by atoms with E-state index in [9.17, 15) is 22.4 Å². The average molecular weight is 502 g/mol. The zero-order valence-corrected chi connectivity index (χ0v) is 19.5. The number of hydrogen-bond donors (Lipinski definition) is 0. The molecule has 3 nitrogen and oxygen atoms in total. The van der Waals surface area contributed by atoms with Crippen molar-refractivity contribution in [2.24, 2.45) is 0 Å². The van der Waals surface area contributed by atoms with Gasteiger partial charge in [0.25, 0.3) is 5.91 Å². The van der Waals surface area contributed by atoms with Gasteiger partial charge >= 0.3 is 0 Å². The topological polar surface area (TPSA) is 29.5 Å². The van der Waals surface area contributed by atoms with Crippen LogP contribution in [0, 0.1) is 23.3 Å². The van der Waals surface area contributed by atoms with Crippen molar-refractivity contribution in [1.82, 2.24) is 4.90 Å². The van der Waals surface area contributed by atoms with Crippen molar-refractivity contribution in [1.29, 1.82) is 0 Å². The number of thioether (sulfide) groups is 1. The number of ether oxygens (including phenoxy) is 1. The molecule has 2 unspecified atom stereocenters. The second-order valence-corrected chi connectivity index (χ2v) is 9.96. The molecular formula is C27H23F4NO2S. The monoisotopic (exact) mass is 501 g/mol. The maximum atomic E-state index is 14.0. The van der Waals surface area contributed by atoms with Crippen LogP contribution >= 0.6 is 11.8 Å². The average Bonchev–Trinajstić information content (AvgIpc) is 3.10. The van der Waals surface area contributed by atoms with E-state index in [1.165, 1.54) is 36.0 Å². The Kier molecular flexibility index (Phi) is 6.73. The summed E-state index contributed by atoms with van der Waals surface area (Å²) in [4.78, 5) is 15.6. The molecule has 182 valence electrons. The normalized spacial score (nSPS) is 21.3. The number of amides is 1. The molecule has 3 aromatic rings. The van der Waals surface area contributed by atoms with E-state index in [4.69, 9.17) is 4.74 Å². The van der Waals surface area contributed by atoms with Crippen LogP contribution in [0.4, 0.5) is 17.6 Å². The first-order valence-corrected chi connectivity index (χ1v) is 12.5. The number of hydrogen-bond acceptors (Lipinski definition) is 3. The van der Waals surface area contributed by atoms with Crippen LogP contribution in [0.5, 0.6) is 5.75 Å². The van der Waals surface area contributed by atoms with Crippen molar-refractivity contribution in [3.05, 3.63) is 95.1 Å². The smallest absolute Gasteiger partial charge is 0.254 e. The summed E-state index contributed by atoms with van der Waals surface area (Å²) in [5.41, 5.74) is 1.50. The molecule has 0 N–H and O–H groups in total.